The molecule has 2 aromatic carbocycles. The summed E-state index contributed by atoms with van der Waals surface area (Å²) in [6.07, 6.45) is 0. The maximum Gasteiger partial charge on any atom is 0.141 e. The van der Waals surface area contributed by atoms with E-state index in [2.05, 4.69) is 12.1 Å². The molecule has 2 heteroatoms. The molecule has 0 bridgehead atoms. The van der Waals surface area contributed by atoms with Crippen LogP contribution in [0.3, 0.4) is 0 Å². The molecule has 0 unspecified atom stereocenters. The lowest BCUT2D eigenvalue weighted by atomic mass is 10.3. The molecule has 0 aromatic heterocycles. The second-order valence-corrected chi connectivity index (χ2v) is 4.18. The summed E-state index contributed by atoms with van der Waals surface area (Å²) in [4.78, 5) is 2.37. The summed E-state index contributed by atoms with van der Waals surface area (Å²) < 4.78 is 5.76. The zero-order valence-corrected chi connectivity index (χ0v) is 16.3. The zero-order valence-electron chi connectivity index (χ0n) is 15.4. The molecule has 0 amide bonds. The monoisotopic (exact) mass is 320 g/mol. The fraction of sp³-hybridized carbons (Fsp3) is 0.400. The van der Waals surface area contributed by atoms with Crippen LogP contribution in [0, 0.1) is 0 Å². The van der Waals surface area contributed by atoms with E-state index in [1.807, 2.05) is 91.8 Å². The van der Waals surface area contributed by atoms with Gasteiger partial charge in [-0.2, -0.15) is 0 Å². The maximum absolute atomic E-state index is 5.76. The lowest BCUT2D eigenvalue weighted by Crippen LogP contribution is -1.93. The Hall–Kier alpha value is -1.41. The van der Waals surface area contributed by atoms with Gasteiger partial charge in [0.05, 0.1) is 9.79 Å². The van der Waals surface area contributed by atoms with Crippen LogP contribution in [0.1, 0.15) is 55.4 Å². The molecule has 0 N–H and O–H groups in total. The topological polar surface area (TPSA) is 9.23 Å². The van der Waals surface area contributed by atoms with E-state index >= 15 is 0 Å². The lowest BCUT2D eigenvalue weighted by molar-refractivity contribution is 0.454. The highest BCUT2D eigenvalue weighted by Crippen LogP contribution is 2.46. The van der Waals surface area contributed by atoms with Crippen LogP contribution in [0.2, 0.25) is 0 Å². The predicted octanol–water partition coefficient (Wildman–Crippen LogP) is 8.05. The van der Waals surface area contributed by atoms with Crippen molar-refractivity contribution in [3.05, 3.63) is 48.5 Å². The van der Waals surface area contributed by atoms with Gasteiger partial charge in [0.1, 0.15) is 11.5 Å². The molecule has 0 aliphatic carbocycles. The summed E-state index contributed by atoms with van der Waals surface area (Å²) in [7, 11) is 0. The molecule has 0 spiro atoms. The molecule has 1 aliphatic heterocycles. The van der Waals surface area contributed by atoms with Gasteiger partial charge in [-0.05, 0) is 24.3 Å². The van der Waals surface area contributed by atoms with Crippen LogP contribution in [0.5, 0.6) is 11.5 Å². The van der Waals surface area contributed by atoms with Gasteiger partial charge in [-0.15, -0.1) is 0 Å². The smallest absolute Gasteiger partial charge is 0.141 e. The van der Waals surface area contributed by atoms with Crippen LogP contribution in [0.25, 0.3) is 0 Å². The van der Waals surface area contributed by atoms with Crippen molar-refractivity contribution >= 4 is 11.8 Å². The molecule has 1 aliphatic rings. The van der Waals surface area contributed by atoms with E-state index in [1.165, 1.54) is 9.79 Å². The van der Waals surface area contributed by atoms with Crippen LogP contribution < -0.4 is 4.74 Å². The van der Waals surface area contributed by atoms with Crippen LogP contribution >= 0.6 is 11.8 Å². The number of hydrogen-bond acceptors (Lipinski definition) is 2. The Morgan fingerprint density at radius 3 is 1.23 bits per heavy atom. The van der Waals surface area contributed by atoms with Gasteiger partial charge in [-0.1, -0.05) is 91.4 Å². The highest BCUT2D eigenvalue weighted by Gasteiger charge is 2.15. The van der Waals surface area contributed by atoms with Gasteiger partial charge in [0.25, 0.3) is 0 Å². The Morgan fingerprint density at radius 2 is 0.864 bits per heavy atom. The van der Waals surface area contributed by atoms with E-state index in [0.717, 1.165) is 11.5 Å². The first kappa shape index (κ1) is 22.9. The second kappa shape index (κ2) is 16.0. The molecule has 22 heavy (non-hydrogen) atoms. The number of fused-ring (bicyclic) bond motifs is 2. The first-order valence-electron chi connectivity index (χ1n) is 8.47. The molecule has 0 saturated carbocycles. The minimum atomic E-state index is 0.955. The van der Waals surface area contributed by atoms with Crippen molar-refractivity contribution in [1.82, 2.24) is 0 Å². The Balaban J connectivity index is 0. The maximum atomic E-state index is 5.76. The van der Waals surface area contributed by atoms with E-state index in [9.17, 15) is 0 Å². The molecule has 124 valence electrons. The van der Waals surface area contributed by atoms with Gasteiger partial charge in [-0.25, -0.2) is 0 Å². The van der Waals surface area contributed by atoms with Crippen molar-refractivity contribution in [3.63, 3.8) is 0 Å². The number of ether oxygens (including phenoxy) is 1. The highest BCUT2D eigenvalue weighted by atomic mass is 32.2. The van der Waals surface area contributed by atoms with Crippen molar-refractivity contribution in [2.24, 2.45) is 0 Å². The van der Waals surface area contributed by atoms with Crippen molar-refractivity contribution < 1.29 is 4.74 Å². The Labute approximate surface area is 142 Å². The minimum Gasteiger partial charge on any atom is -0.455 e. The van der Waals surface area contributed by atoms with E-state index in [4.69, 9.17) is 4.74 Å². The molecule has 0 saturated heterocycles. The fourth-order valence-corrected chi connectivity index (χ4v) is 2.43. The molecule has 1 nitrogen and oxygen atoms in total. The molecule has 0 atom stereocenters. The largest absolute Gasteiger partial charge is 0.455 e. The van der Waals surface area contributed by atoms with Crippen molar-refractivity contribution in [2.45, 2.75) is 65.2 Å². The molecule has 3 rings (SSSR count). The number of hydrogen-bond donors (Lipinski definition) is 0. The fourth-order valence-electron chi connectivity index (χ4n) is 1.47. The summed E-state index contributed by atoms with van der Waals surface area (Å²) in [6, 6.07) is 16.2. The third-order valence-corrected chi connectivity index (χ3v) is 3.25. The standard InChI is InChI=1S/C12H8OS.4C2H6/c1-3-7-11-9(5-1)13-10-6-2-4-8-12(10)14-11;4*1-2/h1-8H;4*1-2H3. The highest BCUT2D eigenvalue weighted by molar-refractivity contribution is 7.99. The average molecular weight is 321 g/mol. The van der Waals surface area contributed by atoms with Crippen molar-refractivity contribution in [1.29, 1.82) is 0 Å². The zero-order chi connectivity index (χ0) is 17.4. The normalized spacial score (nSPS) is 9.09. The van der Waals surface area contributed by atoms with Crippen molar-refractivity contribution in [2.75, 3.05) is 0 Å². The number of para-hydroxylation sites is 2. The van der Waals surface area contributed by atoms with Crippen LogP contribution in [0.4, 0.5) is 0 Å². The van der Waals surface area contributed by atoms with Crippen LogP contribution in [-0.2, 0) is 0 Å². The summed E-state index contributed by atoms with van der Waals surface area (Å²) in [6.45, 7) is 16.0. The third kappa shape index (κ3) is 7.04. The van der Waals surface area contributed by atoms with Crippen LogP contribution in [0.15, 0.2) is 58.3 Å². The quantitative estimate of drug-likeness (QED) is 0.414. The van der Waals surface area contributed by atoms with Gasteiger partial charge < -0.3 is 4.74 Å². The predicted molar refractivity (Wildman–Crippen MR) is 102 cm³/mol. The SMILES string of the molecule is CC.CC.CC.CC.c1ccc2c(c1)Oc1ccccc1S2. The lowest BCUT2D eigenvalue weighted by Gasteiger charge is -2.18. The van der Waals surface area contributed by atoms with Gasteiger partial charge in [0.2, 0.25) is 0 Å². The molecule has 0 fully saturated rings. The van der Waals surface area contributed by atoms with E-state index < -0.39 is 0 Å². The Morgan fingerprint density at radius 1 is 0.545 bits per heavy atom. The molecule has 0 radical (unpaired) electrons. The summed E-state index contributed by atoms with van der Waals surface area (Å²) in [5.74, 6) is 1.91. The number of rotatable bonds is 0. The summed E-state index contributed by atoms with van der Waals surface area (Å²) in [5, 5.41) is 0. The molecule has 1 heterocycles. The summed E-state index contributed by atoms with van der Waals surface area (Å²) in [5.41, 5.74) is 0. The molecule has 2 aromatic rings. The first-order chi connectivity index (χ1) is 10.9. The molecular weight excluding hydrogens is 288 g/mol. The minimum absolute atomic E-state index is 0.955. The Bertz CT molecular complexity index is 393. The van der Waals surface area contributed by atoms with Gasteiger partial charge >= 0.3 is 0 Å². The Kier molecular flexibility index (Phi) is 16.6. The van der Waals surface area contributed by atoms with Crippen molar-refractivity contribution in [3.8, 4) is 11.5 Å². The second-order valence-electron chi connectivity index (χ2n) is 3.10. The van der Waals surface area contributed by atoms with Gasteiger partial charge in [0, 0.05) is 0 Å². The van der Waals surface area contributed by atoms with E-state index in [1.54, 1.807) is 11.8 Å². The van der Waals surface area contributed by atoms with E-state index in [-0.39, 0.29) is 0 Å². The molecular formula is C20H32OS. The van der Waals surface area contributed by atoms with Crippen LogP contribution in [-0.4, -0.2) is 0 Å². The summed E-state index contributed by atoms with van der Waals surface area (Å²) >= 11 is 1.76. The third-order valence-electron chi connectivity index (χ3n) is 2.14. The van der Waals surface area contributed by atoms with Gasteiger partial charge in [-0.3, -0.25) is 0 Å². The number of benzene rings is 2. The van der Waals surface area contributed by atoms with E-state index in [0.29, 0.717) is 0 Å². The first-order valence-corrected chi connectivity index (χ1v) is 9.29. The van der Waals surface area contributed by atoms with Gasteiger partial charge in [0.15, 0.2) is 0 Å². The average Bonchev–Trinajstić information content (AvgIpc) is 2.66.